The molecule has 0 saturated heterocycles. The number of amides is 3. The number of anilines is 2. The van der Waals surface area contributed by atoms with Crippen LogP contribution in [0.2, 0.25) is 0 Å². The van der Waals surface area contributed by atoms with Crippen molar-refractivity contribution >= 4 is 34.2 Å². The molecule has 4 aromatic rings. The number of carbonyl (C=O) groups is 2. The second-order valence-corrected chi connectivity index (χ2v) is 7.65. The van der Waals surface area contributed by atoms with Crippen molar-refractivity contribution in [2.24, 2.45) is 0 Å². The lowest BCUT2D eigenvalue weighted by atomic mass is 10.1. The molecule has 0 aliphatic carbocycles. The average Bonchev–Trinajstić information content (AvgIpc) is 3.23. The lowest BCUT2D eigenvalue weighted by Gasteiger charge is -2.17. The smallest absolute Gasteiger partial charge is 0.319 e. The zero-order valence-corrected chi connectivity index (χ0v) is 18.0. The van der Waals surface area contributed by atoms with E-state index in [0.717, 1.165) is 23.2 Å². The SMILES string of the molecule is CN(C(=O)Cc1ccc(NC(=O)NCCc2c[nH]c3ccccc23)cc1)c1ccccc1. The summed E-state index contributed by atoms with van der Waals surface area (Å²) in [6.45, 7) is 0.534. The number of benzene rings is 3. The molecule has 0 spiro atoms. The van der Waals surface area contributed by atoms with Crippen molar-refractivity contribution in [3.8, 4) is 0 Å². The van der Waals surface area contributed by atoms with Gasteiger partial charge in [0.25, 0.3) is 0 Å². The highest BCUT2D eigenvalue weighted by molar-refractivity contribution is 5.94. The van der Waals surface area contributed by atoms with E-state index < -0.39 is 0 Å². The molecule has 0 fully saturated rings. The monoisotopic (exact) mass is 426 g/mol. The Morgan fingerprint density at radius 1 is 0.906 bits per heavy atom. The van der Waals surface area contributed by atoms with Gasteiger partial charge < -0.3 is 20.5 Å². The second kappa shape index (κ2) is 9.83. The maximum absolute atomic E-state index is 12.5. The van der Waals surface area contributed by atoms with E-state index in [4.69, 9.17) is 0 Å². The van der Waals surface area contributed by atoms with E-state index in [0.29, 0.717) is 18.7 Å². The summed E-state index contributed by atoms with van der Waals surface area (Å²) < 4.78 is 0. The van der Waals surface area contributed by atoms with Gasteiger partial charge in [0.1, 0.15) is 0 Å². The van der Waals surface area contributed by atoms with E-state index in [-0.39, 0.29) is 11.9 Å². The van der Waals surface area contributed by atoms with Crippen LogP contribution in [0, 0.1) is 0 Å². The normalized spacial score (nSPS) is 10.7. The number of para-hydroxylation sites is 2. The zero-order chi connectivity index (χ0) is 22.3. The number of likely N-dealkylation sites (N-methyl/N-ethyl adjacent to an activating group) is 1. The predicted molar refractivity (Wildman–Crippen MR) is 129 cm³/mol. The van der Waals surface area contributed by atoms with Crippen LogP contribution < -0.4 is 15.5 Å². The summed E-state index contributed by atoms with van der Waals surface area (Å²) in [6.07, 6.45) is 3.02. The van der Waals surface area contributed by atoms with Gasteiger partial charge >= 0.3 is 6.03 Å². The minimum Gasteiger partial charge on any atom is -0.361 e. The molecule has 162 valence electrons. The number of urea groups is 1. The Balaban J connectivity index is 1.25. The van der Waals surface area contributed by atoms with Gasteiger partial charge in [0.15, 0.2) is 0 Å². The average molecular weight is 427 g/mol. The summed E-state index contributed by atoms with van der Waals surface area (Å²) >= 11 is 0. The van der Waals surface area contributed by atoms with Gasteiger partial charge in [0.05, 0.1) is 6.42 Å². The molecule has 0 bridgehead atoms. The molecule has 6 heteroatoms. The lowest BCUT2D eigenvalue weighted by molar-refractivity contribution is -0.117. The Labute approximate surface area is 187 Å². The molecule has 1 aromatic heterocycles. The van der Waals surface area contributed by atoms with Crippen LogP contribution in [0.3, 0.4) is 0 Å². The molecule has 32 heavy (non-hydrogen) atoms. The Kier molecular flexibility index (Phi) is 6.51. The van der Waals surface area contributed by atoms with Crippen LogP contribution >= 0.6 is 0 Å². The minimum absolute atomic E-state index is 0.00642. The Morgan fingerprint density at radius 2 is 1.62 bits per heavy atom. The number of rotatable bonds is 7. The summed E-state index contributed by atoms with van der Waals surface area (Å²) in [5, 5.41) is 6.90. The highest BCUT2D eigenvalue weighted by Gasteiger charge is 2.11. The van der Waals surface area contributed by atoms with Gasteiger partial charge in [-0.1, -0.05) is 48.5 Å². The van der Waals surface area contributed by atoms with Crippen molar-refractivity contribution in [3.63, 3.8) is 0 Å². The first kappa shape index (κ1) is 21.2. The Bertz CT molecular complexity index is 1200. The first-order valence-electron chi connectivity index (χ1n) is 10.6. The zero-order valence-electron chi connectivity index (χ0n) is 18.0. The second-order valence-electron chi connectivity index (χ2n) is 7.65. The fraction of sp³-hybridized carbons (Fsp3) is 0.154. The quantitative estimate of drug-likeness (QED) is 0.399. The first-order valence-corrected chi connectivity index (χ1v) is 10.6. The molecule has 4 rings (SSSR count). The first-order chi connectivity index (χ1) is 15.6. The number of nitrogens with one attached hydrogen (secondary N) is 3. The Morgan fingerprint density at radius 3 is 2.41 bits per heavy atom. The minimum atomic E-state index is -0.252. The maximum Gasteiger partial charge on any atom is 0.319 e. The van der Waals surface area contributed by atoms with E-state index in [9.17, 15) is 9.59 Å². The summed E-state index contributed by atoms with van der Waals surface area (Å²) in [5.74, 6) is 0.00642. The number of aromatic nitrogens is 1. The largest absolute Gasteiger partial charge is 0.361 e. The molecule has 0 aliphatic rings. The fourth-order valence-corrected chi connectivity index (χ4v) is 3.62. The number of aromatic amines is 1. The van der Waals surface area contributed by atoms with E-state index in [1.807, 2.05) is 79.0 Å². The third-order valence-corrected chi connectivity index (χ3v) is 5.44. The van der Waals surface area contributed by atoms with Crippen molar-refractivity contribution in [1.29, 1.82) is 0 Å². The van der Waals surface area contributed by atoms with Crippen LogP contribution in [-0.4, -0.2) is 30.5 Å². The molecule has 0 atom stereocenters. The number of H-pyrrole nitrogens is 1. The molecule has 3 N–H and O–H groups in total. The number of hydrogen-bond acceptors (Lipinski definition) is 2. The maximum atomic E-state index is 12.5. The number of nitrogens with zero attached hydrogens (tertiary/aromatic N) is 1. The van der Waals surface area contributed by atoms with E-state index in [2.05, 4.69) is 21.7 Å². The molecule has 3 amide bonds. The molecule has 6 nitrogen and oxygen atoms in total. The standard InChI is InChI=1S/C26H26N4O2/c1-30(22-7-3-2-4-8-22)25(31)17-19-11-13-21(14-12-19)29-26(32)27-16-15-20-18-28-24-10-6-5-9-23(20)24/h2-14,18,28H,15-17H2,1H3,(H2,27,29,32). The fourth-order valence-electron chi connectivity index (χ4n) is 3.62. The third kappa shape index (κ3) is 5.16. The van der Waals surface area contributed by atoms with E-state index >= 15 is 0 Å². The van der Waals surface area contributed by atoms with Crippen molar-refractivity contribution in [2.75, 3.05) is 23.8 Å². The van der Waals surface area contributed by atoms with E-state index in [1.165, 1.54) is 10.9 Å². The van der Waals surface area contributed by atoms with Crippen LogP contribution in [0.1, 0.15) is 11.1 Å². The summed E-state index contributed by atoms with van der Waals surface area (Å²) in [7, 11) is 1.77. The molecule has 3 aromatic carbocycles. The molecule has 0 aliphatic heterocycles. The van der Waals surface area contributed by atoms with Gasteiger partial charge in [-0.15, -0.1) is 0 Å². The van der Waals surface area contributed by atoms with E-state index in [1.54, 1.807) is 11.9 Å². The van der Waals surface area contributed by atoms with Crippen LogP contribution in [-0.2, 0) is 17.6 Å². The Hall–Kier alpha value is -4.06. The molecule has 0 unspecified atom stereocenters. The van der Waals surface area contributed by atoms with Gasteiger partial charge in [-0.3, -0.25) is 4.79 Å². The number of carbonyl (C=O) groups excluding carboxylic acids is 2. The van der Waals surface area contributed by atoms with Crippen LogP contribution in [0.5, 0.6) is 0 Å². The highest BCUT2D eigenvalue weighted by Crippen LogP contribution is 2.18. The van der Waals surface area contributed by atoms with Gasteiger partial charge in [0, 0.05) is 42.1 Å². The van der Waals surface area contributed by atoms with Crippen LogP contribution in [0.15, 0.2) is 85.1 Å². The van der Waals surface area contributed by atoms with Crippen molar-refractivity contribution in [2.45, 2.75) is 12.8 Å². The van der Waals surface area contributed by atoms with Gasteiger partial charge in [0.2, 0.25) is 5.91 Å². The molecule has 1 heterocycles. The van der Waals surface area contributed by atoms with Crippen molar-refractivity contribution in [3.05, 3.63) is 96.2 Å². The van der Waals surface area contributed by atoms with Crippen LogP contribution in [0.25, 0.3) is 10.9 Å². The third-order valence-electron chi connectivity index (χ3n) is 5.44. The van der Waals surface area contributed by atoms with Gasteiger partial charge in [-0.05, 0) is 47.9 Å². The molecular weight excluding hydrogens is 400 g/mol. The number of fused-ring (bicyclic) bond motifs is 1. The molecular formula is C26H26N4O2. The molecule has 0 radical (unpaired) electrons. The highest BCUT2D eigenvalue weighted by atomic mass is 16.2. The van der Waals surface area contributed by atoms with Gasteiger partial charge in [-0.2, -0.15) is 0 Å². The summed E-state index contributed by atoms with van der Waals surface area (Å²) in [5.41, 5.74) is 4.71. The predicted octanol–water partition coefficient (Wildman–Crippen LogP) is 4.74. The number of hydrogen-bond donors (Lipinski definition) is 3. The molecule has 0 saturated carbocycles. The van der Waals surface area contributed by atoms with Crippen molar-refractivity contribution in [1.82, 2.24) is 10.3 Å². The summed E-state index contributed by atoms with van der Waals surface area (Å²) in [6, 6.07) is 24.8. The van der Waals surface area contributed by atoms with Crippen LogP contribution in [0.4, 0.5) is 16.2 Å². The lowest BCUT2D eigenvalue weighted by Crippen LogP contribution is -2.30. The van der Waals surface area contributed by atoms with Gasteiger partial charge in [-0.25, -0.2) is 4.79 Å². The topological polar surface area (TPSA) is 77.2 Å². The van der Waals surface area contributed by atoms with Crippen molar-refractivity contribution < 1.29 is 9.59 Å². The summed E-state index contributed by atoms with van der Waals surface area (Å²) in [4.78, 5) is 29.6.